The van der Waals surface area contributed by atoms with Crippen LogP contribution in [0.5, 0.6) is 0 Å². The minimum absolute atomic E-state index is 0.657. The molecule has 1 aromatic heterocycles. The van der Waals surface area contributed by atoms with E-state index in [0.717, 1.165) is 17.0 Å². The first-order chi connectivity index (χ1) is 6.75. The smallest absolute Gasteiger partial charge is 0.101 e. The number of nitrogens with zero attached hydrogens (tertiary/aromatic N) is 1. The predicted octanol–water partition coefficient (Wildman–Crippen LogP) is 3.84. The van der Waals surface area contributed by atoms with E-state index in [-0.39, 0.29) is 0 Å². The Hall–Kier alpha value is -0.570. The molecule has 0 unspecified atom stereocenters. The topological polar surface area (TPSA) is 12.9 Å². The van der Waals surface area contributed by atoms with Gasteiger partial charge in [-0.2, -0.15) is 0 Å². The third-order valence-corrected chi connectivity index (χ3v) is 3.11. The molecule has 0 aliphatic rings. The summed E-state index contributed by atoms with van der Waals surface area (Å²) in [7, 11) is 0. The van der Waals surface area contributed by atoms with Crippen molar-refractivity contribution in [2.75, 3.05) is 0 Å². The quantitative estimate of drug-likeness (QED) is 0.780. The average Bonchev–Trinajstić information content (AvgIpc) is 2.62. The normalized spacial score (nSPS) is 10.4. The molecule has 1 radical (unpaired) electrons. The average molecular weight is 243 g/mol. The van der Waals surface area contributed by atoms with Gasteiger partial charge < -0.3 is 0 Å². The van der Waals surface area contributed by atoms with Crippen molar-refractivity contribution >= 4 is 34.5 Å². The van der Waals surface area contributed by atoms with Gasteiger partial charge in [0.2, 0.25) is 0 Å². The highest BCUT2D eigenvalue weighted by atomic mass is 35.5. The molecule has 0 fully saturated rings. The molecule has 0 atom stereocenters. The molecule has 0 bridgehead atoms. The number of benzene rings is 1. The lowest BCUT2D eigenvalue weighted by Gasteiger charge is -2.01. The summed E-state index contributed by atoms with van der Waals surface area (Å²) in [5.74, 6) is 0. The van der Waals surface area contributed by atoms with Crippen LogP contribution in [-0.2, 0) is 6.42 Å². The van der Waals surface area contributed by atoms with Crippen LogP contribution < -0.4 is 0 Å². The minimum Gasteiger partial charge on any atom is -0.239 e. The summed E-state index contributed by atoms with van der Waals surface area (Å²) in [6.07, 6.45) is 3.52. The predicted molar refractivity (Wildman–Crippen MR) is 60.2 cm³/mol. The number of aromatic nitrogens is 1. The molecule has 0 aliphatic heterocycles. The highest BCUT2D eigenvalue weighted by Crippen LogP contribution is 2.23. The van der Waals surface area contributed by atoms with E-state index in [4.69, 9.17) is 23.2 Å². The molecule has 0 saturated carbocycles. The number of thiazole rings is 1. The van der Waals surface area contributed by atoms with E-state index in [0.29, 0.717) is 10.0 Å². The van der Waals surface area contributed by atoms with E-state index in [1.54, 1.807) is 17.4 Å². The first-order valence-corrected chi connectivity index (χ1v) is 5.63. The minimum atomic E-state index is 0.657. The second kappa shape index (κ2) is 4.30. The van der Waals surface area contributed by atoms with Gasteiger partial charge in [0.25, 0.3) is 0 Å². The Morgan fingerprint density at radius 2 is 2.21 bits per heavy atom. The van der Waals surface area contributed by atoms with Gasteiger partial charge in [-0.05, 0) is 17.7 Å². The van der Waals surface area contributed by atoms with E-state index in [1.165, 1.54) is 0 Å². The van der Waals surface area contributed by atoms with Gasteiger partial charge in [0.05, 0.1) is 5.01 Å². The van der Waals surface area contributed by atoms with Crippen molar-refractivity contribution in [2.45, 2.75) is 6.42 Å². The van der Waals surface area contributed by atoms with Gasteiger partial charge in [0.1, 0.15) is 6.20 Å². The van der Waals surface area contributed by atoms with Crippen LogP contribution in [0.4, 0.5) is 0 Å². The molecular weight excluding hydrogens is 237 g/mol. The molecule has 0 N–H and O–H groups in total. The van der Waals surface area contributed by atoms with Crippen LogP contribution in [0.25, 0.3) is 0 Å². The van der Waals surface area contributed by atoms with Crippen LogP contribution in [0, 0.1) is 6.20 Å². The molecule has 0 saturated heterocycles. The van der Waals surface area contributed by atoms with Gasteiger partial charge in [0.15, 0.2) is 0 Å². The van der Waals surface area contributed by atoms with Crippen molar-refractivity contribution in [3.05, 3.63) is 50.4 Å². The maximum atomic E-state index is 6.03. The molecule has 1 heterocycles. The Balaban J connectivity index is 2.25. The molecule has 4 heteroatoms. The second-order valence-corrected chi connectivity index (χ2v) is 4.57. The van der Waals surface area contributed by atoms with E-state index in [9.17, 15) is 0 Å². The van der Waals surface area contributed by atoms with Crippen molar-refractivity contribution in [3.63, 3.8) is 0 Å². The lowest BCUT2D eigenvalue weighted by Crippen LogP contribution is -1.87. The molecule has 0 aliphatic carbocycles. The van der Waals surface area contributed by atoms with Gasteiger partial charge in [-0.15, -0.1) is 11.3 Å². The fraction of sp³-hybridized carbons (Fsp3) is 0.100. The standard InChI is InChI=1S/C10H6Cl2NS/c11-8-2-1-7(9(12)6-8)5-10-13-3-4-14-10/h1-2,4,6H,5H2. The van der Waals surface area contributed by atoms with E-state index in [2.05, 4.69) is 11.2 Å². The van der Waals surface area contributed by atoms with Gasteiger partial charge in [-0.25, -0.2) is 4.98 Å². The third kappa shape index (κ3) is 2.27. The maximum Gasteiger partial charge on any atom is 0.101 e. The Morgan fingerprint density at radius 3 is 2.86 bits per heavy atom. The summed E-state index contributed by atoms with van der Waals surface area (Å²) in [6, 6.07) is 5.50. The fourth-order valence-electron chi connectivity index (χ4n) is 1.13. The van der Waals surface area contributed by atoms with E-state index < -0.39 is 0 Å². The maximum absolute atomic E-state index is 6.03. The van der Waals surface area contributed by atoms with Crippen LogP contribution in [0.15, 0.2) is 23.6 Å². The van der Waals surface area contributed by atoms with E-state index >= 15 is 0 Å². The Morgan fingerprint density at radius 1 is 1.36 bits per heavy atom. The first-order valence-electron chi connectivity index (χ1n) is 4.00. The molecule has 71 valence electrons. The van der Waals surface area contributed by atoms with Crippen molar-refractivity contribution < 1.29 is 0 Å². The van der Waals surface area contributed by atoms with Gasteiger partial charge >= 0.3 is 0 Å². The van der Waals surface area contributed by atoms with Crippen molar-refractivity contribution in [1.82, 2.24) is 4.98 Å². The zero-order valence-corrected chi connectivity index (χ0v) is 9.46. The molecular formula is C10H6Cl2NS. The molecule has 2 rings (SSSR count). The SMILES string of the molecule is Clc1ccc(Cc2n[c]cs2)c(Cl)c1. The fourth-order valence-corrected chi connectivity index (χ4v) is 2.19. The number of hydrogen-bond acceptors (Lipinski definition) is 2. The number of rotatable bonds is 2. The summed E-state index contributed by atoms with van der Waals surface area (Å²) >= 11 is 13.4. The number of hydrogen-bond donors (Lipinski definition) is 0. The van der Waals surface area contributed by atoms with Crippen LogP contribution in [-0.4, -0.2) is 4.98 Å². The Bertz CT molecular complexity index is 426. The van der Waals surface area contributed by atoms with Gasteiger partial charge in [0, 0.05) is 21.8 Å². The largest absolute Gasteiger partial charge is 0.239 e. The second-order valence-electron chi connectivity index (χ2n) is 2.78. The highest BCUT2D eigenvalue weighted by molar-refractivity contribution is 7.09. The summed E-state index contributed by atoms with van der Waals surface area (Å²) in [4.78, 5) is 4.08. The number of halogens is 2. The van der Waals surface area contributed by atoms with E-state index in [1.807, 2.05) is 17.5 Å². The molecule has 0 amide bonds. The lowest BCUT2D eigenvalue weighted by atomic mass is 10.1. The highest BCUT2D eigenvalue weighted by Gasteiger charge is 2.03. The van der Waals surface area contributed by atoms with Gasteiger partial charge in [-0.1, -0.05) is 29.3 Å². The third-order valence-electron chi connectivity index (χ3n) is 1.79. The summed E-state index contributed by atoms with van der Waals surface area (Å²) in [5.41, 5.74) is 1.04. The summed E-state index contributed by atoms with van der Waals surface area (Å²) in [6.45, 7) is 0. The molecule has 1 aromatic carbocycles. The Labute approximate surface area is 96.3 Å². The molecule has 14 heavy (non-hydrogen) atoms. The van der Waals surface area contributed by atoms with Crippen molar-refractivity contribution in [1.29, 1.82) is 0 Å². The zero-order chi connectivity index (χ0) is 9.97. The molecule has 1 nitrogen and oxygen atoms in total. The van der Waals surface area contributed by atoms with Gasteiger partial charge in [-0.3, -0.25) is 0 Å². The van der Waals surface area contributed by atoms with Crippen LogP contribution in [0.3, 0.4) is 0 Å². The Kier molecular flexibility index (Phi) is 3.06. The van der Waals surface area contributed by atoms with Crippen molar-refractivity contribution in [3.8, 4) is 0 Å². The monoisotopic (exact) mass is 242 g/mol. The first kappa shape index (κ1) is 9.97. The van der Waals surface area contributed by atoms with Crippen molar-refractivity contribution in [2.24, 2.45) is 0 Å². The van der Waals surface area contributed by atoms with Crippen LogP contribution >= 0.6 is 34.5 Å². The summed E-state index contributed by atoms with van der Waals surface area (Å²) in [5, 5.41) is 4.19. The summed E-state index contributed by atoms with van der Waals surface area (Å²) < 4.78 is 0. The van der Waals surface area contributed by atoms with Crippen LogP contribution in [0.1, 0.15) is 10.6 Å². The molecule has 0 spiro atoms. The van der Waals surface area contributed by atoms with Crippen LogP contribution in [0.2, 0.25) is 10.0 Å². The zero-order valence-electron chi connectivity index (χ0n) is 7.13. The lowest BCUT2D eigenvalue weighted by molar-refractivity contribution is 1.13. The molecule has 2 aromatic rings.